The third-order valence-electron chi connectivity index (χ3n) is 7.41. The lowest BCUT2D eigenvalue weighted by Crippen LogP contribution is -2.31. The molecule has 1 fully saturated rings. The number of hydrogen-bond donors (Lipinski definition) is 2. The molecule has 0 aromatic heterocycles. The highest BCUT2D eigenvalue weighted by Crippen LogP contribution is 2.50. The molecule has 0 spiro atoms. The summed E-state index contributed by atoms with van der Waals surface area (Å²) < 4.78 is 35.6. The number of ether oxygens (including phenoxy) is 1. The molecule has 0 saturated carbocycles. The Labute approximate surface area is 217 Å². The van der Waals surface area contributed by atoms with E-state index in [9.17, 15) is 8.42 Å². The molecule has 36 heavy (non-hydrogen) atoms. The predicted molar refractivity (Wildman–Crippen MR) is 148 cm³/mol. The fourth-order valence-electron chi connectivity index (χ4n) is 5.46. The van der Waals surface area contributed by atoms with Gasteiger partial charge in [0.15, 0.2) is 0 Å². The molecule has 1 aliphatic carbocycles. The lowest BCUT2D eigenvalue weighted by atomic mass is 9.77. The number of nitrogens with one attached hydrogen (secondary N) is 2. The molecule has 0 radical (unpaired) electrons. The van der Waals surface area contributed by atoms with Crippen molar-refractivity contribution in [3.63, 3.8) is 0 Å². The second-order valence-corrected chi connectivity index (χ2v) is 12.4. The Morgan fingerprint density at radius 3 is 2.72 bits per heavy atom. The van der Waals surface area contributed by atoms with Gasteiger partial charge in [0.05, 0.1) is 16.6 Å². The standard InChI is InChI=1S/C29H30N2O3S2/c1-2-19-7-3-4-12-27(19)31-36(32,33)23-13-14-28-26(16-23)24-10-6-11-25(24)29(30-28)20-8-5-9-21(15-20)34-22-17-35-18-22/h3-10,12-16,22,24-25,29-31H,2,11,17-18H2,1H3/t24-,25+,29+/m0/s1. The van der Waals surface area contributed by atoms with Crippen molar-refractivity contribution in [2.75, 3.05) is 21.5 Å². The van der Waals surface area contributed by atoms with Gasteiger partial charge in [-0.15, -0.1) is 0 Å². The smallest absolute Gasteiger partial charge is 0.261 e. The zero-order chi connectivity index (χ0) is 24.7. The Kier molecular flexibility index (Phi) is 6.21. The monoisotopic (exact) mass is 518 g/mol. The maximum atomic E-state index is 13.3. The van der Waals surface area contributed by atoms with E-state index in [1.807, 2.05) is 61.2 Å². The van der Waals surface area contributed by atoms with Gasteiger partial charge in [-0.05, 0) is 71.8 Å². The van der Waals surface area contributed by atoms with Crippen LogP contribution in [-0.4, -0.2) is 26.0 Å². The van der Waals surface area contributed by atoms with Gasteiger partial charge in [0.25, 0.3) is 10.0 Å². The van der Waals surface area contributed by atoms with Crippen molar-refractivity contribution in [3.05, 3.63) is 95.6 Å². The van der Waals surface area contributed by atoms with E-state index in [1.165, 1.54) is 5.56 Å². The molecule has 2 aliphatic heterocycles. The Morgan fingerprint density at radius 2 is 1.92 bits per heavy atom. The van der Waals surface area contributed by atoms with Gasteiger partial charge in [0, 0.05) is 23.1 Å². The summed E-state index contributed by atoms with van der Waals surface area (Å²) in [5, 5.41) is 3.72. The van der Waals surface area contributed by atoms with Crippen molar-refractivity contribution in [1.82, 2.24) is 0 Å². The van der Waals surface area contributed by atoms with E-state index in [0.717, 1.165) is 46.9 Å². The highest BCUT2D eigenvalue weighted by atomic mass is 32.2. The summed E-state index contributed by atoms with van der Waals surface area (Å²) in [5.41, 5.74) is 4.85. The number of anilines is 2. The average Bonchev–Trinajstić information content (AvgIpc) is 3.36. The van der Waals surface area contributed by atoms with Crippen molar-refractivity contribution in [1.29, 1.82) is 0 Å². The molecule has 7 heteroatoms. The summed E-state index contributed by atoms with van der Waals surface area (Å²) in [6.45, 7) is 2.02. The SMILES string of the molecule is CCc1ccccc1NS(=O)(=O)c1ccc2c(c1)[C@H]1C=CC[C@H]1[C@@H](c1cccc(OC3CSC3)c1)N2. The molecule has 186 valence electrons. The molecule has 3 aromatic carbocycles. The van der Waals surface area contributed by atoms with Crippen LogP contribution in [0.1, 0.15) is 42.0 Å². The minimum atomic E-state index is -3.71. The molecule has 2 N–H and O–H groups in total. The van der Waals surface area contributed by atoms with E-state index in [2.05, 4.69) is 40.4 Å². The van der Waals surface area contributed by atoms with E-state index in [-0.39, 0.29) is 12.0 Å². The topological polar surface area (TPSA) is 67.4 Å². The van der Waals surface area contributed by atoms with Gasteiger partial charge >= 0.3 is 0 Å². The maximum Gasteiger partial charge on any atom is 0.261 e. The van der Waals surface area contributed by atoms with Crippen molar-refractivity contribution >= 4 is 33.2 Å². The Morgan fingerprint density at radius 1 is 1.06 bits per heavy atom. The zero-order valence-electron chi connectivity index (χ0n) is 20.2. The molecule has 3 atom stereocenters. The Hall–Kier alpha value is -2.90. The first-order valence-corrected chi connectivity index (χ1v) is 15.2. The van der Waals surface area contributed by atoms with Crippen LogP contribution >= 0.6 is 11.8 Å². The van der Waals surface area contributed by atoms with Crippen molar-refractivity contribution in [2.45, 2.75) is 42.7 Å². The number of thioether (sulfide) groups is 1. The van der Waals surface area contributed by atoms with Gasteiger partial charge in [-0.1, -0.05) is 49.4 Å². The maximum absolute atomic E-state index is 13.3. The summed E-state index contributed by atoms with van der Waals surface area (Å²) in [6.07, 6.45) is 6.48. The van der Waals surface area contributed by atoms with Gasteiger partial charge in [0.1, 0.15) is 11.9 Å². The van der Waals surface area contributed by atoms with E-state index in [0.29, 0.717) is 22.6 Å². The molecular formula is C29H30N2O3S2. The van der Waals surface area contributed by atoms with Crippen LogP contribution in [0.25, 0.3) is 0 Å². The van der Waals surface area contributed by atoms with Crippen LogP contribution in [-0.2, 0) is 16.4 Å². The summed E-state index contributed by atoms with van der Waals surface area (Å²) >= 11 is 1.91. The van der Waals surface area contributed by atoms with E-state index < -0.39 is 10.0 Å². The number of rotatable bonds is 7. The first kappa shape index (κ1) is 23.5. The molecule has 1 saturated heterocycles. The third-order valence-corrected chi connectivity index (χ3v) is 9.99. The number of aryl methyl sites for hydroxylation is 1. The summed E-state index contributed by atoms with van der Waals surface area (Å²) in [4.78, 5) is 0.292. The minimum absolute atomic E-state index is 0.133. The summed E-state index contributed by atoms with van der Waals surface area (Å²) in [5.74, 6) is 3.51. The van der Waals surface area contributed by atoms with Crippen LogP contribution in [0, 0.1) is 5.92 Å². The molecule has 3 aliphatic rings. The number of allylic oxidation sites excluding steroid dienone is 2. The van der Waals surface area contributed by atoms with Gasteiger partial charge in [0.2, 0.25) is 0 Å². The predicted octanol–water partition coefficient (Wildman–Crippen LogP) is 6.37. The molecule has 5 nitrogen and oxygen atoms in total. The van der Waals surface area contributed by atoms with E-state index in [1.54, 1.807) is 6.07 Å². The zero-order valence-corrected chi connectivity index (χ0v) is 21.8. The van der Waals surface area contributed by atoms with E-state index in [4.69, 9.17) is 4.74 Å². The second kappa shape index (κ2) is 9.52. The van der Waals surface area contributed by atoms with Crippen LogP contribution in [0.15, 0.2) is 83.8 Å². The fourth-order valence-corrected chi connectivity index (χ4v) is 7.16. The minimum Gasteiger partial charge on any atom is -0.489 e. The molecule has 0 unspecified atom stereocenters. The normalized spacial score (nSPS) is 22.8. The Bertz CT molecular complexity index is 1420. The van der Waals surface area contributed by atoms with Gasteiger partial charge in [-0.25, -0.2) is 8.42 Å². The molecular weight excluding hydrogens is 488 g/mol. The average molecular weight is 519 g/mol. The van der Waals surface area contributed by atoms with Crippen molar-refractivity contribution in [3.8, 4) is 5.75 Å². The fraction of sp³-hybridized carbons (Fsp3) is 0.310. The number of para-hydroxylation sites is 1. The van der Waals surface area contributed by atoms with Gasteiger partial charge in [-0.2, -0.15) is 11.8 Å². The lowest BCUT2D eigenvalue weighted by molar-refractivity contribution is 0.240. The van der Waals surface area contributed by atoms with Crippen molar-refractivity contribution in [2.24, 2.45) is 5.92 Å². The summed E-state index contributed by atoms with van der Waals surface area (Å²) in [7, 11) is -3.71. The highest BCUT2D eigenvalue weighted by Gasteiger charge is 2.38. The quantitative estimate of drug-likeness (QED) is 0.356. The lowest BCUT2D eigenvalue weighted by Gasteiger charge is -2.38. The third kappa shape index (κ3) is 4.39. The molecule has 0 amide bonds. The molecule has 0 bridgehead atoms. The van der Waals surface area contributed by atoms with Crippen LogP contribution in [0.5, 0.6) is 5.75 Å². The number of fused-ring (bicyclic) bond motifs is 3. The van der Waals surface area contributed by atoms with Gasteiger partial charge < -0.3 is 10.1 Å². The highest BCUT2D eigenvalue weighted by molar-refractivity contribution is 8.00. The summed E-state index contributed by atoms with van der Waals surface area (Å²) in [6, 6.07) is 21.6. The molecule has 3 aromatic rings. The first-order chi connectivity index (χ1) is 17.5. The van der Waals surface area contributed by atoms with Crippen LogP contribution < -0.4 is 14.8 Å². The van der Waals surface area contributed by atoms with Crippen LogP contribution in [0.4, 0.5) is 11.4 Å². The molecule has 2 heterocycles. The van der Waals surface area contributed by atoms with Gasteiger partial charge in [-0.3, -0.25) is 4.72 Å². The van der Waals surface area contributed by atoms with Crippen molar-refractivity contribution < 1.29 is 13.2 Å². The van der Waals surface area contributed by atoms with Crippen LogP contribution in [0.3, 0.4) is 0 Å². The largest absolute Gasteiger partial charge is 0.489 e. The Balaban J connectivity index is 1.29. The first-order valence-electron chi connectivity index (χ1n) is 12.5. The number of benzene rings is 3. The molecule has 6 rings (SSSR count). The number of sulfonamides is 1. The number of hydrogen-bond acceptors (Lipinski definition) is 5. The second-order valence-electron chi connectivity index (χ2n) is 9.69. The van der Waals surface area contributed by atoms with E-state index >= 15 is 0 Å². The van der Waals surface area contributed by atoms with Crippen LogP contribution in [0.2, 0.25) is 0 Å².